The summed E-state index contributed by atoms with van der Waals surface area (Å²) in [4.78, 5) is 0. The van der Waals surface area contributed by atoms with Gasteiger partial charge in [-0.3, -0.25) is 0 Å². The predicted octanol–water partition coefficient (Wildman–Crippen LogP) is 4.22. The van der Waals surface area contributed by atoms with Gasteiger partial charge in [0.05, 0.1) is 0 Å². The Morgan fingerprint density at radius 2 is 1.05 bits per heavy atom. The van der Waals surface area contributed by atoms with Crippen molar-refractivity contribution >= 4 is 0 Å². The Kier molecular flexibility index (Phi) is 5.93. The molecule has 2 aromatic rings. The van der Waals surface area contributed by atoms with Crippen LogP contribution in [0.15, 0.2) is 48.5 Å². The molecule has 0 saturated heterocycles. The summed E-state index contributed by atoms with van der Waals surface area (Å²) in [6.07, 6.45) is 13.9. The van der Waals surface area contributed by atoms with Crippen molar-refractivity contribution in [3.63, 3.8) is 0 Å². The van der Waals surface area contributed by atoms with Gasteiger partial charge in [0.2, 0.25) is 0 Å². The third kappa shape index (κ3) is 4.31. The summed E-state index contributed by atoms with van der Waals surface area (Å²) in [7, 11) is 0. The Morgan fingerprint density at radius 1 is 0.636 bits per heavy atom. The molecule has 0 spiro atoms. The predicted molar refractivity (Wildman–Crippen MR) is 93.2 cm³/mol. The molecule has 2 aromatic carbocycles. The molecule has 0 bridgehead atoms. The van der Waals surface area contributed by atoms with Crippen molar-refractivity contribution in [3.05, 3.63) is 70.8 Å². The second-order valence-corrected chi connectivity index (χ2v) is 4.97. The van der Waals surface area contributed by atoms with Crippen LogP contribution in [0.5, 0.6) is 0 Å². The van der Waals surface area contributed by atoms with Crippen LogP contribution in [0.3, 0.4) is 0 Å². The quantitative estimate of drug-likeness (QED) is 0.737. The van der Waals surface area contributed by atoms with Crippen LogP contribution in [-0.4, -0.2) is 0 Å². The van der Waals surface area contributed by atoms with Gasteiger partial charge in [-0.2, -0.15) is 0 Å². The first kappa shape index (κ1) is 15.5. The van der Waals surface area contributed by atoms with Crippen LogP contribution < -0.4 is 0 Å². The molecule has 22 heavy (non-hydrogen) atoms. The van der Waals surface area contributed by atoms with E-state index in [0.29, 0.717) is 0 Å². The van der Waals surface area contributed by atoms with E-state index in [1.54, 1.807) is 0 Å². The van der Waals surface area contributed by atoms with E-state index in [9.17, 15) is 0 Å². The summed E-state index contributed by atoms with van der Waals surface area (Å²) >= 11 is 0. The van der Waals surface area contributed by atoms with E-state index >= 15 is 0 Å². The third-order valence-electron chi connectivity index (χ3n) is 3.44. The largest absolute Gasteiger partial charge is 0.120 e. The molecular formula is C22H18. The molecule has 0 unspecified atom stereocenters. The van der Waals surface area contributed by atoms with Gasteiger partial charge < -0.3 is 0 Å². The fourth-order valence-corrected chi connectivity index (χ4v) is 2.27. The zero-order valence-corrected chi connectivity index (χ0v) is 12.6. The zero-order chi connectivity index (χ0) is 15.6. The summed E-state index contributed by atoms with van der Waals surface area (Å²) in [5.74, 6) is 11.9. The summed E-state index contributed by atoms with van der Waals surface area (Å²) in [6.45, 7) is 0. The van der Waals surface area contributed by atoms with Gasteiger partial charge >= 0.3 is 0 Å². The highest BCUT2D eigenvalue weighted by molar-refractivity contribution is 5.49. The number of hydrogen-bond donors (Lipinski definition) is 0. The molecule has 0 aliphatic rings. The number of hydrogen-bond acceptors (Lipinski definition) is 0. The van der Waals surface area contributed by atoms with Gasteiger partial charge in [-0.25, -0.2) is 0 Å². The summed E-state index contributed by atoms with van der Waals surface area (Å²) < 4.78 is 0. The van der Waals surface area contributed by atoms with E-state index in [-0.39, 0.29) is 0 Å². The van der Waals surface area contributed by atoms with Gasteiger partial charge in [0.1, 0.15) is 0 Å². The number of aryl methyl sites for hydroxylation is 2. The van der Waals surface area contributed by atoms with Crippen molar-refractivity contribution in [2.75, 3.05) is 0 Å². The fourth-order valence-electron chi connectivity index (χ4n) is 2.27. The van der Waals surface area contributed by atoms with Crippen LogP contribution in [0.25, 0.3) is 0 Å². The first-order valence-corrected chi connectivity index (χ1v) is 7.40. The summed E-state index contributed by atoms with van der Waals surface area (Å²) in [5, 5.41) is 0. The molecule has 0 aliphatic carbocycles. The van der Waals surface area contributed by atoms with Crippen LogP contribution in [0.1, 0.15) is 35.1 Å². The van der Waals surface area contributed by atoms with Crippen LogP contribution >= 0.6 is 0 Å². The maximum Gasteiger partial charge on any atom is 0.0281 e. The van der Waals surface area contributed by atoms with Crippen molar-refractivity contribution < 1.29 is 0 Å². The molecule has 0 N–H and O–H groups in total. The second-order valence-electron chi connectivity index (χ2n) is 4.97. The standard InChI is InChI=1S/C22H18/c1-3-5-11-19-13-7-9-15-21(19)17-18-22-16-10-8-14-20(22)12-6-4-2/h1-2,7-10,13-16H,5-6,11-12H2. The van der Waals surface area contributed by atoms with Gasteiger partial charge in [-0.05, 0) is 36.1 Å². The minimum absolute atomic E-state index is 0.734. The molecule has 2 rings (SSSR count). The van der Waals surface area contributed by atoms with E-state index < -0.39 is 0 Å². The fraction of sp³-hybridized carbons (Fsp3) is 0.182. The average Bonchev–Trinajstić information content (AvgIpc) is 2.57. The minimum Gasteiger partial charge on any atom is -0.120 e. The maximum absolute atomic E-state index is 5.36. The van der Waals surface area contributed by atoms with E-state index in [1.165, 1.54) is 11.1 Å². The van der Waals surface area contributed by atoms with Gasteiger partial charge in [0, 0.05) is 24.0 Å². The first-order chi connectivity index (χ1) is 10.8. The molecule has 0 saturated carbocycles. The molecular weight excluding hydrogens is 264 g/mol. The second kappa shape index (κ2) is 8.42. The number of benzene rings is 2. The third-order valence-corrected chi connectivity index (χ3v) is 3.44. The van der Waals surface area contributed by atoms with Crippen molar-refractivity contribution in [1.29, 1.82) is 0 Å². The van der Waals surface area contributed by atoms with Gasteiger partial charge in [-0.1, -0.05) is 48.2 Å². The Hall–Kier alpha value is -2.88. The normalized spacial score (nSPS) is 9.18. The van der Waals surface area contributed by atoms with E-state index in [4.69, 9.17) is 12.8 Å². The summed E-state index contributed by atoms with van der Waals surface area (Å²) in [6, 6.07) is 16.3. The molecule has 0 aliphatic heterocycles. The Labute approximate surface area is 133 Å². The van der Waals surface area contributed by atoms with E-state index in [0.717, 1.165) is 36.8 Å². The lowest BCUT2D eigenvalue weighted by Gasteiger charge is -2.03. The maximum atomic E-state index is 5.36. The molecule has 0 radical (unpaired) electrons. The summed E-state index contributed by atoms with van der Waals surface area (Å²) in [5.41, 5.74) is 4.50. The smallest absolute Gasteiger partial charge is 0.0281 e. The molecule has 0 nitrogen and oxygen atoms in total. The van der Waals surface area contributed by atoms with Crippen LogP contribution in [0, 0.1) is 36.5 Å². The highest BCUT2D eigenvalue weighted by Gasteiger charge is 2.00. The molecule has 0 amide bonds. The van der Waals surface area contributed by atoms with Gasteiger partial charge in [0.25, 0.3) is 0 Å². The Morgan fingerprint density at radius 3 is 1.45 bits per heavy atom. The lowest BCUT2D eigenvalue weighted by atomic mass is 10.0. The topological polar surface area (TPSA) is 0 Å². The van der Waals surface area contributed by atoms with Crippen molar-refractivity contribution in [2.24, 2.45) is 0 Å². The molecule has 0 fully saturated rings. The van der Waals surface area contributed by atoms with Gasteiger partial charge in [-0.15, -0.1) is 24.7 Å². The Bertz CT molecular complexity index is 704. The van der Waals surface area contributed by atoms with Crippen LogP contribution in [0.2, 0.25) is 0 Å². The van der Waals surface area contributed by atoms with E-state index in [1.807, 2.05) is 36.4 Å². The Balaban J connectivity index is 2.28. The molecule has 0 aromatic heterocycles. The SMILES string of the molecule is C#CCCc1ccccc1C#Cc1ccccc1CCC#C. The minimum atomic E-state index is 0.734. The average molecular weight is 282 g/mol. The first-order valence-electron chi connectivity index (χ1n) is 7.40. The highest BCUT2D eigenvalue weighted by atomic mass is 14.0. The lowest BCUT2D eigenvalue weighted by molar-refractivity contribution is 1.02. The molecule has 0 atom stereocenters. The van der Waals surface area contributed by atoms with Crippen LogP contribution in [0.4, 0.5) is 0 Å². The van der Waals surface area contributed by atoms with Crippen molar-refractivity contribution in [3.8, 4) is 36.5 Å². The molecule has 0 heteroatoms. The monoisotopic (exact) mass is 282 g/mol. The number of terminal acetylenes is 2. The van der Waals surface area contributed by atoms with Crippen LogP contribution in [-0.2, 0) is 12.8 Å². The number of rotatable bonds is 4. The highest BCUT2D eigenvalue weighted by Crippen LogP contribution is 2.12. The lowest BCUT2D eigenvalue weighted by Crippen LogP contribution is -1.91. The molecule has 0 heterocycles. The molecule has 106 valence electrons. The van der Waals surface area contributed by atoms with Crippen molar-refractivity contribution in [2.45, 2.75) is 25.7 Å². The van der Waals surface area contributed by atoms with E-state index in [2.05, 4.69) is 35.8 Å². The van der Waals surface area contributed by atoms with Crippen molar-refractivity contribution in [1.82, 2.24) is 0 Å². The van der Waals surface area contributed by atoms with Gasteiger partial charge in [0.15, 0.2) is 0 Å². The zero-order valence-electron chi connectivity index (χ0n) is 12.6.